The van der Waals surface area contributed by atoms with Gasteiger partial charge in [-0.25, -0.2) is 0 Å². The second-order valence-corrected chi connectivity index (χ2v) is 5.59. The molecule has 0 bridgehead atoms. The molecule has 18 heavy (non-hydrogen) atoms. The van der Waals surface area contributed by atoms with Crippen molar-refractivity contribution in [3.05, 3.63) is 0 Å². The number of hydrogen-bond acceptors (Lipinski definition) is 3. The first-order chi connectivity index (χ1) is 8.39. The van der Waals surface area contributed by atoms with Crippen LogP contribution in [0.1, 0.15) is 46.0 Å². The molecule has 0 saturated heterocycles. The molecular formula is C13H23NO4. The van der Waals surface area contributed by atoms with Gasteiger partial charge in [-0.2, -0.15) is 0 Å². The van der Waals surface area contributed by atoms with Crippen LogP contribution < -0.4 is 5.32 Å². The average Bonchev–Trinajstić information content (AvgIpc) is 3.05. The van der Waals surface area contributed by atoms with Gasteiger partial charge in [0.05, 0.1) is 6.61 Å². The van der Waals surface area contributed by atoms with Gasteiger partial charge in [0, 0.05) is 25.0 Å². The van der Waals surface area contributed by atoms with Gasteiger partial charge in [0.2, 0.25) is 5.91 Å². The average molecular weight is 257 g/mol. The summed E-state index contributed by atoms with van der Waals surface area (Å²) in [6, 6.07) is 0. The van der Waals surface area contributed by atoms with E-state index in [0.717, 1.165) is 6.61 Å². The zero-order chi connectivity index (χ0) is 13.6. The van der Waals surface area contributed by atoms with Gasteiger partial charge in [-0.1, -0.05) is 0 Å². The van der Waals surface area contributed by atoms with Crippen LogP contribution in [-0.4, -0.2) is 35.7 Å². The Labute approximate surface area is 108 Å². The largest absolute Gasteiger partial charge is 0.481 e. The highest BCUT2D eigenvalue weighted by atomic mass is 16.5. The zero-order valence-electron chi connectivity index (χ0n) is 11.2. The Hall–Kier alpha value is -1.10. The third-order valence-corrected chi connectivity index (χ3v) is 2.97. The van der Waals surface area contributed by atoms with Crippen LogP contribution in [0.2, 0.25) is 0 Å². The summed E-state index contributed by atoms with van der Waals surface area (Å²) in [5.74, 6) is -0.216. The van der Waals surface area contributed by atoms with Crippen LogP contribution in [0.5, 0.6) is 0 Å². The Balaban J connectivity index is 2.10. The van der Waals surface area contributed by atoms with Gasteiger partial charge < -0.3 is 15.2 Å². The van der Waals surface area contributed by atoms with E-state index in [2.05, 4.69) is 5.32 Å². The topological polar surface area (TPSA) is 75.6 Å². The predicted octanol–water partition coefficient (Wildman–Crippen LogP) is 1.56. The van der Waals surface area contributed by atoms with Crippen LogP contribution in [0.4, 0.5) is 0 Å². The lowest BCUT2D eigenvalue weighted by molar-refractivity contribution is -0.138. The lowest BCUT2D eigenvalue weighted by Crippen LogP contribution is -2.44. The summed E-state index contributed by atoms with van der Waals surface area (Å²) in [4.78, 5) is 22.1. The molecule has 1 rings (SSSR count). The van der Waals surface area contributed by atoms with E-state index in [4.69, 9.17) is 9.84 Å². The Bertz CT molecular complexity index is 297. The van der Waals surface area contributed by atoms with Crippen LogP contribution in [0.15, 0.2) is 0 Å². The molecule has 0 spiro atoms. The number of nitrogens with one attached hydrogen (secondary N) is 1. The fourth-order valence-corrected chi connectivity index (χ4v) is 1.62. The maximum Gasteiger partial charge on any atom is 0.303 e. The fourth-order valence-electron chi connectivity index (χ4n) is 1.62. The van der Waals surface area contributed by atoms with E-state index in [9.17, 15) is 9.59 Å². The van der Waals surface area contributed by atoms with Gasteiger partial charge in [0.25, 0.3) is 0 Å². The number of amides is 1. The second-order valence-electron chi connectivity index (χ2n) is 5.59. The highest BCUT2D eigenvalue weighted by Gasteiger charge is 2.22. The molecule has 0 aromatic heterocycles. The minimum Gasteiger partial charge on any atom is -0.481 e. The Morgan fingerprint density at radius 1 is 1.33 bits per heavy atom. The van der Waals surface area contributed by atoms with Crippen molar-refractivity contribution in [3.8, 4) is 0 Å². The third-order valence-electron chi connectivity index (χ3n) is 2.97. The Kier molecular flexibility index (Phi) is 5.59. The van der Waals surface area contributed by atoms with E-state index in [1.165, 1.54) is 12.8 Å². The molecule has 1 fully saturated rings. The molecule has 2 N–H and O–H groups in total. The molecule has 1 aliphatic carbocycles. The van der Waals surface area contributed by atoms with Crippen molar-refractivity contribution in [1.29, 1.82) is 0 Å². The van der Waals surface area contributed by atoms with Crippen LogP contribution in [0.25, 0.3) is 0 Å². The summed E-state index contributed by atoms with van der Waals surface area (Å²) < 4.78 is 5.39. The zero-order valence-corrected chi connectivity index (χ0v) is 11.2. The van der Waals surface area contributed by atoms with Crippen molar-refractivity contribution in [3.63, 3.8) is 0 Å². The van der Waals surface area contributed by atoms with Gasteiger partial charge in [-0.15, -0.1) is 0 Å². The molecule has 104 valence electrons. The van der Waals surface area contributed by atoms with E-state index in [1.54, 1.807) is 0 Å². The van der Waals surface area contributed by atoms with Crippen LogP contribution >= 0.6 is 0 Å². The van der Waals surface area contributed by atoms with E-state index in [-0.39, 0.29) is 12.3 Å². The maximum absolute atomic E-state index is 11.6. The highest BCUT2D eigenvalue weighted by molar-refractivity contribution is 5.77. The number of hydrogen-bond donors (Lipinski definition) is 2. The minimum atomic E-state index is -0.843. The summed E-state index contributed by atoms with van der Waals surface area (Å²) in [5, 5.41) is 11.4. The highest BCUT2D eigenvalue weighted by Crippen LogP contribution is 2.28. The van der Waals surface area contributed by atoms with Crippen molar-refractivity contribution >= 4 is 11.9 Å². The smallest absolute Gasteiger partial charge is 0.303 e. The van der Waals surface area contributed by atoms with Crippen molar-refractivity contribution in [2.45, 2.75) is 51.5 Å². The Morgan fingerprint density at radius 2 is 2.00 bits per heavy atom. The molecule has 1 aliphatic rings. The standard InChI is InChI=1S/C13H23NO4/c1-13(2,7-5-12(16)17)14-11(15)6-8-18-9-10-3-4-10/h10H,3-9H2,1-2H3,(H,14,15)(H,16,17). The molecule has 5 nitrogen and oxygen atoms in total. The molecule has 1 amide bonds. The molecule has 1 saturated carbocycles. The maximum atomic E-state index is 11.6. The fraction of sp³-hybridized carbons (Fsp3) is 0.846. The van der Waals surface area contributed by atoms with Gasteiger partial charge in [-0.05, 0) is 39.0 Å². The molecule has 5 heteroatoms. The molecule has 0 radical (unpaired) electrons. The normalized spacial score (nSPS) is 15.4. The lowest BCUT2D eigenvalue weighted by Gasteiger charge is -2.25. The van der Waals surface area contributed by atoms with Crippen LogP contribution in [-0.2, 0) is 14.3 Å². The van der Waals surface area contributed by atoms with E-state index in [0.29, 0.717) is 25.4 Å². The molecule has 0 aliphatic heterocycles. The van der Waals surface area contributed by atoms with Crippen molar-refractivity contribution in [2.24, 2.45) is 5.92 Å². The quantitative estimate of drug-likeness (QED) is 0.615. The number of carbonyl (C=O) groups is 2. The minimum absolute atomic E-state index is 0.0610. The molecule has 0 heterocycles. The van der Waals surface area contributed by atoms with Crippen molar-refractivity contribution in [1.82, 2.24) is 5.32 Å². The summed E-state index contributed by atoms with van der Waals surface area (Å²) in [6.45, 7) is 4.87. The number of carbonyl (C=O) groups excluding carboxylic acids is 1. The van der Waals surface area contributed by atoms with Gasteiger partial charge in [-0.3, -0.25) is 9.59 Å². The molecule has 0 atom stereocenters. The van der Waals surface area contributed by atoms with Gasteiger partial charge in [0.15, 0.2) is 0 Å². The molecule has 0 aromatic rings. The SMILES string of the molecule is CC(C)(CCC(=O)O)NC(=O)CCOCC1CC1. The van der Waals surface area contributed by atoms with Crippen LogP contribution in [0.3, 0.4) is 0 Å². The predicted molar refractivity (Wildman–Crippen MR) is 67.3 cm³/mol. The number of aliphatic carboxylic acids is 1. The van der Waals surface area contributed by atoms with E-state index < -0.39 is 11.5 Å². The first-order valence-corrected chi connectivity index (χ1v) is 6.49. The molecule has 0 unspecified atom stereocenters. The summed E-state index contributed by atoms with van der Waals surface area (Å²) in [5.41, 5.74) is -0.480. The second kappa shape index (κ2) is 6.73. The first-order valence-electron chi connectivity index (χ1n) is 6.49. The van der Waals surface area contributed by atoms with E-state index >= 15 is 0 Å². The summed E-state index contributed by atoms with van der Waals surface area (Å²) in [6.07, 6.45) is 3.31. The number of carboxylic acid groups (broad SMARTS) is 1. The first kappa shape index (κ1) is 15.0. The van der Waals surface area contributed by atoms with Crippen molar-refractivity contribution < 1.29 is 19.4 Å². The molecule has 0 aromatic carbocycles. The third kappa shape index (κ3) is 7.27. The van der Waals surface area contributed by atoms with Gasteiger partial charge >= 0.3 is 5.97 Å². The number of ether oxygens (including phenoxy) is 1. The number of carboxylic acids is 1. The summed E-state index contributed by atoms with van der Waals surface area (Å²) in [7, 11) is 0. The summed E-state index contributed by atoms with van der Waals surface area (Å²) >= 11 is 0. The Morgan fingerprint density at radius 3 is 2.56 bits per heavy atom. The monoisotopic (exact) mass is 257 g/mol. The lowest BCUT2D eigenvalue weighted by atomic mass is 9.98. The van der Waals surface area contributed by atoms with E-state index in [1.807, 2.05) is 13.8 Å². The van der Waals surface area contributed by atoms with Crippen LogP contribution in [0, 0.1) is 5.92 Å². The molecular weight excluding hydrogens is 234 g/mol. The van der Waals surface area contributed by atoms with Gasteiger partial charge in [0.1, 0.15) is 0 Å². The number of rotatable bonds is 9. The van der Waals surface area contributed by atoms with Crippen molar-refractivity contribution in [2.75, 3.05) is 13.2 Å².